The van der Waals surface area contributed by atoms with Crippen molar-refractivity contribution in [2.24, 2.45) is 5.92 Å². The molecule has 1 aromatic rings. The summed E-state index contributed by atoms with van der Waals surface area (Å²) in [5.41, 5.74) is 1.28. The Balaban J connectivity index is 1.69. The van der Waals surface area contributed by atoms with E-state index < -0.39 is 0 Å². The fourth-order valence-electron chi connectivity index (χ4n) is 2.60. The Morgan fingerprint density at radius 1 is 1.19 bits per heavy atom. The predicted octanol–water partition coefficient (Wildman–Crippen LogP) is 4.17. The molecule has 1 heteroatoms. The first-order valence-corrected chi connectivity index (χ1v) is 6.50. The molecule has 1 nitrogen and oxygen atoms in total. The second-order valence-corrected chi connectivity index (χ2v) is 4.99. The Hall–Kier alpha value is -0.820. The lowest BCUT2D eigenvalue weighted by Gasteiger charge is -2.17. The van der Waals surface area contributed by atoms with Gasteiger partial charge in [-0.25, -0.2) is 0 Å². The van der Waals surface area contributed by atoms with Gasteiger partial charge in [-0.1, -0.05) is 56.0 Å². The highest BCUT2D eigenvalue weighted by atomic mass is 16.5. The van der Waals surface area contributed by atoms with Gasteiger partial charge in [0.15, 0.2) is 0 Å². The molecule has 0 bridgehead atoms. The van der Waals surface area contributed by atoms with Crippen molar-refractivity contribution in [3.63, 3.8) is 0 Å². The van der Waals surface area contributed by atoms with Gasteiger partial charge in [0, 0.05) is 0 Å². The molecule has 1 aliphatic rings. The second-order valence-electron chi connectivity index (χ2n) is 4.99. The third kappa shape index (κ3) is 3.64. The first kappa shape index (κ1) is 11.7. The predicted molar refractivity (Wildman–Crippen MR) is 67.3 cm³/mol. The van der Waals surface area contributed by atoms with Gasteiger partial charge < -0.3 is 4.74 Å². The second kappa shape index (κ2) is 6.05. The number of hydrogen-bond donors (Lipinski definition) is 0. The van der Waals surface area contributed by atoms with Gasteiger partial charge in [0.2, 0.25) is 0 Å². The van der Waals surface area contributed by atoms with E-state index in [1.807, 2.05) is 6.07 Å². The normalized spacial score (nSPS) is 18.8. The SMILES string of the molecule is CC(CC1CCCC1)OCc1ccccc1. The summed E-state index contributed by atoms with van der Waals surface area (Å²) < 4.78 is 5.89. The minimum Gasteiger partial charge on any atom is -0.374 e. The first-order chi connectivity index (χ1) is 7.84. The molecule has 1 fully saturated rings. The fourth-order valence-corrected chi connectivity index (χ4v) is 2.60. The van der Waals surface area contributed by atoms with Gasteiger partial charge in [0.25, 0.3) is 0 Å². The third-order valence-corrected chi connectivity index (χ3v) is 3.52. The number of benzene rings is 1. The highest BCUT2D eigenvalue weighted by molar-refractivity contribution is 5.13. The van der Waals surface area contributed by atoms with Crippen LogP contribution in [0.25, 0.3) is 0 Å². The Bertz CT molecular complexity index is 288. The highest BCUT2D eigenvalue weighted by Crippen LogP contribution is 2.29. The molecule has 0 spiro atoms. The number of ether oxygens (including phenoxy) is 1. The molecule has 0 heterocycles. The Labute approximate surface area is 98.8 Å². The van der Waals surface area contributed by atoms with E-state index in [2.05, 4.69) is 31.2 Å². The van der Waals surface area contributed by atoms with E-state index in [1.54, 1.807) is 0 Å². The van der Waals surface area contributed by atoms with Crippen LogP contribution in [0.15, 0.2) is 30.3 Å². The van der Waals surface area contributed by atoms with Crippen molar-refractivity contribution in [1.82, 2.24) is 0 Å². The van der Waals surface area contributed by atoms with Crippen molar-refractivity contribution in [1.29, 1.82) is 0 Å². The summed E-state index contributed by atoms with van der Waals surface area (Å²) in [7, 11) is 0. The molecular formula is C15H22O. The first-order valence-electron chi connectivity index (χ1n) is 6.50. The van der Waals surface area contributed by atoms with Crippen molar-refractivity contribution >= 4 is 0 Å². The maximum absolute atomic E-state index is 5.89. The van der Waals surface area contributed by atoms with Gasteiger partial charge in [0.1, 0.15) is 0 Å². The summed E-state index contributed by atoms with van der Waals surface area (Å²) in [5, 5.41) is 0. The number of hydrogen-bond acceptors (Lipinski definition) is 1. The molecule has 1 unspecified atom stereocenters. The molecule has 88 valence electrons. The Morgan fingerprint density at radius 2 is 1.88 bits per heavy atom. The summed E-state index contributed by atoms with van der Waals surface area (Å²) in [6.45, 7) is 2.97. The zero-order chi connectivity index (χ0) is 11.2. The van der Waals surface area contributed by atoms with E-state index in [9.17, 15) is 0 Å². The maximum Gasteiger partial charge on any atom is 0.0720 e. The molecule has 0 aromatic heterocycles. The minimum absolute atomic E-state index is 0.406. The molecule has 0 radical (unpaired) electrons. The smallest absolute Gasteiger partial charge is 0.0720 e. The zero-order valence-electron chi connectivity index (χ0n) is 10.2. The standard InChI is InChI=1S/C15H22O/c1-13(11-14-7-5-6-8-14)16-12-15-9-3-2-4-10-15/h2-4,9-10,13-14H,5-8,11-12H2,1H3. The van der Waals surface area contributed by atoms with Crippen molar-refractivity contribution in [3.8, 4) is 0 Å². The van der Waals surface area contributed by atoms with Crippen LogP contribution in [0.2, 0.25) is 0 Å². The third-order valence-electron chi connectivity index (χ3n) is 3.52. The van der Waals surface area contributed by atoms with Gasteiger partial charge in [0.05, 0.1) is 12.7 Å². The molecule has 16 heavy (non-hydrogen) atoms. The summed E-state index contributed by atoms with van der Waals surface area (Å²) in [6.07, 6.45) is 7.33. The molecule has 1 aromatic carbocycles. The molecule has 1 saturated carbocycles. The van der Waals surface area contributed by atoms with Crippen LogP contribution in [0.1, 0.15) is 44.6 Å². The molecule has 2 rings (SSSR count). The van der Waals surface area contributed by atoms with Gasteiger partial charge in [-0.3, -0.25) is 0 Å². The fraction of sp³-hybridized carbons (Fsp3) is 0.600. The molecule has 1 aliphatic carbocycles. The summed E-state index contributed by atoms with van der Waals surface area (Å²) >= 11 is 0. The van der Waals surface area contributed by atoms with Crippen LogP contribution >= 0.6 is 0 Å². The van der Waals surface area contributed by atoms with Crippen molar-refractivity contribution in [2.45, 2.75) is 51.7 Å². The van der Waals surface area contributed by atoms with Gasteiger partial charge in [-0.2, -0.15) is 0 Å². The van der Waals surface area contributed by atoms with E-state index in [0.717, 1.165) is 12.5 Å². The quantitative estimate of drug-likeness (QED) is 0.720. The van der Waals surface area contributed by atoms with E-state index in [0.29, 0.717) is 6.10 Å². The van der Waals surface area contributed by atoms with Gasteiger partial charge >= 0.3 is 0 Å². The van der Waals surface area contributed by atoms with E-state index >= 15 is 0 Å². The molecule has 1 atom stereocenters. The molecule has 0 saturated heterocycles. The van der Waals surface area contributed by atoms with Crippen LogP contribution in [-0.2, 0) is 11.3 Å². The van der Waals surface area contributed by atoms with Crippen LogP contribution < -0.4 is 0 Å². The minimum atomic E-state index is 0.406. The van der Waals surface area contributed by atoms with E-state index in [4.69, 9.17) is 4.74 Å². The molecule has 0 N–H and O–H groups in total. The maximum atomic E-state index is 5.89. The average Bonchev–Trinajstić information content (AvgIpc) is 2.81. The lowest BCUT2D eigenvalue weighted by atomic mass is 10.0. The molecule has 0 amide bonds. The van der Waals surface area contributed by atoms with E-state index in [1.165, 1.54) is 37.7 Å². The molecule has 0 aliphatic heterocycles. The largest absolute Gasteiger partial charge is 0.374 e. The highest BCUT2D eigenvalue weighted by Gasteiger charge is 2.17. The number of rotatable bonds is 5. The topological polar surface area (TPSA) is 9.23 Å². The van der Waals surface area contributed by atoms with E-state index in [-0.39, 0.29) is 0 Å². The molecular weight excluding hydrogens is 196 g/mol. The monoisotopic (exact) mass is 218 g/mol. The Morgan fingerprint density at radius 3 is 2.56 bits per heavy atom. The summed E-state index contributed by atoms with van der Waals surface area (Å²) in [6, 6.07) is 10.4. The van der Waals surface area contributed by atoms with Crippen LogP contribution in [0.4, 0.5) is 0 Å². The van der Waals surface area contributed by atoms with Crippen molar-refractivity contribution in [2.75, 3.05) is 0 Å². The van der Waals surface area contributed by atoms with Gasteiger partial charge in [-0.05, 0) is 24.8 Å². The van der Waals surface area contributed by atoms with Crippen molar-refractivity contribution in [3.05, 3.63) is 35.9 Å². The van der Waals surface area contributed by atoms with Crippen LogP contribution in [-0.4, -0.2) is 6.10 Å². The lowest BCUT2D eigenvalue weighted by molar-refractivity contribution is 0.0371. The lowest BCUT2D eigenvalue weighted by Crippen LogP contribution is -2.12. The van der Waals surface area contributed by atoms with Gasteiger partial charge in [-0.15, -0.1) is 0 Å². The van der Waals surface area contributed by atoms with Crippen LogP contribution in [0.5, 0.6) is 0 Å². The summed E-state index contributed by atoms with van der Waals surface area (Å²) in [4.78, 5) is 0. The van der Waals surface area contributed by atoms with Crippen LogP contribution in [0, 0.1) is 5.92 Å². The zero-order valence-corrected chi connectivity index (χ0v) is 10.2. The van der Waals surface area contributed by atoms with Crippen LogP contribution in [0.3, 0.4) is 0 Å². The van der Waals surface area contributed by atoms with Crippen molar-refractivity contribution < 1.29 is 4.74 Å². The summed E-state index contributed by atoms with van der Waals surface area (Å²) in [5.74, 6) is 0.922. The average molecular weight is 218 g/mol. The Kier molecular flexibility index (Phi) is 4.41.